The van der Waals surface area contributed by atoms with Gasteiger partial charge >= 0.3 is 5.97 Å². The molecule has 0 spiro atoms. The number of rotatable bonds is 6. The smallest absolute Gasteiger partial charge is 0.341 e. The topological polar surface area (TPSA) is 99.2 Å². The summed E-state index contributed by atoms with van der Waals surface area (Å²) < 4.78 is 8.15. The number of carboxylic acid groups (broad SMARTS) is 1. The van der Waals surface area contributed by atoms with Crippen LogP contribution >= 0.6 is 0 Å². The van der Waals surface area contributed by atoms with Crippen molar-refractivity contribution in [1.29, 1.82) is 0 Å². The molecule has 22 heavy (non-hydrogen) atoms. The summed E-state index contributed by atoms with van der Waals surface area (Å²) in [5, 5.41) is 17.1. The first-order valence-corrected chi connectivity index (χ1v) is 6.79. The van der Waals surface area contributed by atoms with Crippen LogP contribution in [0.2, 0.25) is 0 Å². The average molecular weight is 306 g/mol. The van der Waals surface area contributed by atoms with Gasteiger partial charge in [0.15, 0.2) is 5.82 Å². The van der Waals surface area contributed by atoms with Crippen LogP contribution in [0.25, 0.3) is 0 Å². The summed E-state index contributed by atoms with van der Waals surface area (Å²) in [5.74, 6) is -0.663. The van der Waals surface area contributed by atoms with Crippen LogP contribution in [-0.4, -0.2) is 44.1 Å². The second-order valence-corrected chi connectivity index (χ2v) is 4.94. The third-order valence-corrected chi connectivity index (χ3v) is 3.51. The molecule has 0 saturated carbocycles. The average Bonchev–Trinajstić information content (AvgIpc) is 2.92. The lowest BCUT2D eigenvalue weighted by molar-refractivity contribution is 0.0693. The number of carbonyl (C=O) groups is 1. The van der Waals surface area contributed by atoms with E-state index in [2.05, 4.69) is 10.2 Å². The molecule has 8 nitrogen and oxygen atoms in total. The number of ether oxygens (including phenoxy) is 1. The molecule has 0 aliphatic carbocycles. The first-order valence-electron chi connectivity index (χ1n) is 6.79. The van der Waals surface area contributed by atoms with Gasteiger partial charge in [-0.15, -0.1) is 10.2 Å². The van der Waals surface area contributed by atoms with Gasteiger partial charge in [-0.2, -0.15) is 0 Å². The van der Waals surface area contributed by atoms with Crippen LogP contribution in [0.4, 0.5) is 0 Å². The quantitative estimate of drug-likeness (QED) is 0.843. The van der Waals surface area contributed by atoms with Gasteiger partial charge in [0, 0.05) is 19.9 Å². The summed E-state index contributed by atoms with van der Waals surface area (Å²) in [6.45, 7) is 4.41. The van der Waals surface area contributed by atoms with E-state index in [0.29, 0.717) is 24.5 Å². The first kappa shape index (κ1) is 15.9. The van der Waals surface area contributed by atoms with Gasteiger partial charge in [0.25, 0.3) is 5.56 Å². The highest BCUT2D eigenvalue weighted by Gasteiger charge is 2.20. The molecular formula is C14H18N4O4. The molecule has 118 valence electrons. The van der Waals surface area contributed by atoms with Gasteiger partial charge < -0.3 is 19.0 Å². The van der Waals surface area contributed by atoms with Crippen molar-refractivity contribution in [3.05, 3.63) is 45.9 Å². The monoisotopic (exact) mass is 306 g/mol. The molecule has 2 heterocycles. The van der Waals surface area contributed by atoms with Crippen molar-refractivity contribution in [3.8, 4) is 0 Å². The summed E-state index contributed by atoms with van der Waals surface area (Å²) in [6.07, 6.45) is 3.13. The summed E-state index contributed by atoms with van der Waals surface area (Å²) in [7, 11) is 1.59. The van der Waals surface area contributed by atoms with E-state index in [0.717, 1.165) is 0 Å². The number of nitrogens with zero attached hydrogens (tertiary/aromatic N) is 4. The van der Waals surface area contributed by atoms with Crippen LogP contribution in [0, 0.1) is 6.92 Å². The summed E-state index contributed by atoms with van der Waals surface area (Å²) >= 11 is 0. The highest BCUT2D eigenvalue weighted by molar-refractivity contribution is 5.88. The molecule has 2 rings (SSSR count). The molecule has 0 fully saturated rings. The molecule has 2 aromatic rings. The number of hydrogen-bond donors (Lipinski definition) is 1. The zero-order chi connectivity index (χ0) is 16.3. The van der Waals surface area contributed by atoms with Crippen LogP contribution in [0.3, 0.4) is 0 Å². The van der Waals surface area contributed by atoms with Gasteiger partial charge in [0.2, 0.25) is 0 Å². The highest BCUT2D eigenvalue weighted by atomic mass is 16.5. The molecule has 0 aliphatic heterocycles. The Labute approximate surface area is 127 Å². The van der Waals surface area contributed by atoms with Crippen molar-refractivity contribution in [2.75, 3.05) is 13.7 Å². The van der Waals surface area contributed by atoms with Crippen LogP contribution in [0.15, 0.2) is 23.4 Å². The maximum atomic E-state index is 12.4. The zero-order valence-corrected chi connectivity index (χ0v) is 12.7. The van der Waals surface area contributed by atoms with E-state index < -0.39 is 17.6 Å². The van der Waals surface area contributed by atoms with Gasteiger partial charge in [-0.25, -0.2) is 4.79 Å². The van der Waals surface area contributed by atoms with Crippen LogP contribution in [0.1, 0.15) is 34.7 Å². The fourth-order valence-corrected chi connectivity index (χ4v) is 2.28. The van der Waals surface area contributed by atoms with E-state index in [4.69, 9.17) is 4.74 Å². The molecule has 0 saturated heterocycles. The first-order chi connectivity index (χ1) is 10.5. The Morgan fingerprint density at radius 1 is 1.50 bits per heavy atom. The normalized spacial score (nSPS) is 12.3. The minimum absolute atomic E-state index is 0.225. The maximum absolute atomic E-state index is 12.4. The Morgan fingerprint density at radius 2 is 2.23 bits per heavy atom. The van der Waals surface area contributed by atoms with Gasteiger partial charge in [0.05, 0.1) is 12.6 Å². The van der Waals surface area contributed by atoms with Crippen molar-refractivity contribution in [1.82, 2.24) is 19.3 Å². The largest absolute Gasteiger partial charge is 0.477 e. The lowest BCUT2D eigenvalue weighted by atomic mass is 10.1. The van der Waals surface area contributed by atoms with Crippen LogP contribution < -0.4 is 5.56 Å². The zero-order valence-electron chi connectivity index (χ0n) is 12.7. The highest BCUT2D eigenvalue weighted by Crippen LogP contribution is 2.14. The fourth-order valence-electron chi connectivity index (χ4n) is 2.28. The maximum Gasteiger partial charge on any atom is 0.341 e. The Kier molecular flexibility index (Phi) is 4.71. The Bertz CT molecular complexity index is 735. The number of hydrogen-bond acceptors (Lipinski definition) is 5. The van der Waals surface area contributed by atoms with E-state index in [1.54, 1.807) is 44.1 Å². The number of pyridine rings is 1. The van der Waals surface area contributed by atoms with Crippen molar-refractivity contribution in [2.45, 2.75) is 26.4 Å². The number of aromatic nitrogens is 4. The van der Waals surface area contributed by atoms with E-state index in [1.165, 1.54) is 4.57 Å². The molecule has 0 aromatic carbocycles. The van der Waals surface area contributed by atoms with Crippen LogP contribution in [0.5, 0.6) is 0 Å². The Morgan fingerprint density at radius 3 is 2.86 bits per heavy atom. The minimum atomic E-state index is -1.23. The molecular weight excluding hydrogens is 288 g/mol. The second kappa shape index (κ2) is 6.52. The lowest BCUT2D eigenvalue weighted by Gasteiger charge is -2.17. The fraction of sp³-hybridized carbons (Fsp3) is 0.429. The van der Waals surface area contributed by atoms with Gasteiger partial charge in [-0.1, -0.05) is 0 Å². The summed E-state index contributed by atoms with van der Waals surface area (Å²) in [4.78, 5) is 23.6. The SMILES string of the molecule is COCCn1cnnc1C(C)n1ccc(C)c(C(=O)O)c1=O. The molecule has 0 bridgehead atoms. The van der Waals surface area contributed by atoms with E-state index >= 15 is 0 Å². The predicted molar refractivity (Wildman–Crippen MR) is 78.1 cm³/mol. The molecule has 1 unspecified atom stereocenters. The standard InChI is InChI=1S/C14H18N4O4/c1-9-4-5-18(13(19)11(9)14(20)21)10(2)12-16-15-8-17(12)6-7-22-3/h4-5,8,10H,6-7H2,1-3H3,(H,20,21). The van der Waals surface area contributed by atoms with E-state index in [9.17, 15) is 14.7 Å². The summed E-state index contributed by atoms with van der Waals surface area (Å²) in [5.41, 5.74) is -0.347. The van der Waals surface area contributed by atoms with E-state index in [-0.39, 0.29) is 5.56 Å². The van der Waals surface area contributed by atoms with Crippen molar-refractivity contribution in [2.24, 2.45) is 0 Å². The number of aryl methyl sites for hydroxylation is 1. The van der Waals surface area contributed by atoms with Gasteiger partial charge in [0.1, 0.15) is 11.9 Å². The predicted octanol–water partition coefficient (Wildman–Crippen LogP) is 0.702. The van der Waals surface area contributed by atoms with E-state index in [1.807, 2.05) is 0 Å². The molecule has 1 atom stereocenters. The van der Waals surface area contributed by atoms with Crippen LogP contribution in [-0.2, 0) is 11.3 Å². The molecule has 0 radical (unpaired) electrons. The number of aromatic carboxylic acids is 1. The molecule has 1 N–H and O–H groups in total. The molecule has 0 amide bonds. The third kappa shape index (κ3) is 2.91. The summed E-state index contributed by atoms with van der Waals surface area (Å²) in [6, 6.07) is 1.17. The van der Waals surface area contributed by atoms with Gasteiger partial charge in [-0.3, -0.25) is 4.79 Å². The molecule has 2 aromatic heterocycles. The van der Waals surface area contributed by atoms with Crippen molar-refractivity contribution >= 4 is 5.97 Å². The Hall–Kier alpha value is -2.48. The lowest BCUT2D eigenvalue weighted by Crippen LogP contribution is -2.31. The number of methoxy groups -OCH3 is 1. The Balaban J connectivity index is 2.45. The van der Waals surface area contributed by atoms with Gasteiger partial charge in [-0.05, 0) is 25.5 Å². The molecule has 0 aliphatic rings. The third-order valence-electron chi connectivity index (χ3n) is 3.51. The second-order valence-electron chi connectivity index (χ2n) is 4.94. The molecule has 8 heteroatoms. The van der Waals surface area contributed by atoms with Crippen molar-refractivity contribution in [3.63, 3.8) is 0 Å². The number of carboxylic acids is 1. The minimum Gasteiger partial charge on any atom is -0.477 e. The van der Waals surface area contributed by atoms with Crippen molar-refractivity contribution < 1.29 is 14.6 Å².